The van der Waals surface area contributed by atoms with E-state index < -0.39 is 33.9 Å². The highest BCUT2D eigenvalue weighted by atomic mass is 19.1. The molecule has 4 N–H and O–H groups in total. The summed E-state index contributed by atoms with van der Waals surface area (Å²) in [6.07, 6.45) is 0. The number of anilines is 1. The summed E-state index contributed by atoms with van der Waals surface area (Å²) in [5, 5.41) is 22.0. The van der Waals surface area contributed by atoms with E-state index in [0.29, 0.717) is 6.07 Å². The van der Waals surface area contributed by atoms with Gasteiger partial charge in [0.25, 0.3) is 5.69 Å². The van der Waals surface area contributed by atoms with Crippen LogP contribution in [0.25, 0.3) is 0 Å². The number of halogens is 1. The lowest BCUT2D eigenvalue weighted by atomic mass is 10.1. The fraction of sp³-hybridized carbons (Fsp3) is 0.273. The van der Waals surface area contributed by atoms with E-state index in [4.69, 9.17) is 15.6 Å². The number of nitrogens with zero attached hydrogens (tertiary/aromatic N) is 1. The van der Waals surface area contributed by atoms with Crippen LogP contribution in [0.2, 0.25) is 0 Å². The minimum absolute atomic E-state index is 0.0156. The second kappa shape index (κ2) is 7.14. The van der Waals surface area contributed by atoms with Crippen LogP contribution >= 0.6 is 0 Å². The van der Waals surface area contributed by atoms with Gasteiger partial charge in [0.15, 0.2) is 5.82 Å². The van der Waals surface area contributed by atoms with Crippen LogP contribution < -0.4 is 11.1 Å². The molecule has 0 spiro atoms. The number of benzene rings is 1. The summed E-state index contributed by atoms with van der Waals surface area (Å²) < 4.78 is 18.4. The van der Waals surface area contributed by atoms with Crippen LogP contribution in [-0.2, 0) is 9.53 Å². The van der Waals surface area contributed by atoms with Gasteiger partial charge in [-0.2, -0.15) is 0 Å². The molecule has 9 nitrogen and oxygen atoms in total. The number of amides is 1. The number of carbonyl (C=O) groups is 2. The third kappa shape index (κ3) is 4.69. The Balaban J connectivity index is 2.79. The summed E-state index contributed by atoms with van der Waals surface area (Å²) in [6, 6.07) is 1.35. The summed E-state index contributed by atoms with van der Waals surface area (Å²) in [6.45, 7) is -0.229. The number of carboxylic acid groups (broad SMARTS) is 1. The van der Waals surface area contributed by atoms with Crippen molar-refractivity contribution >= 4 is 23.3 Å². The Labute approximate surface area is 117 Å². The fourth-order valence-electron chi connectivity index (χ4n) is 1.45. The lowest BCUT2D eigenvalue weighted by Gasteiger charge is -2.09. The number of aromatic carboxylic acids is 1. The highest BCUT2D eigenvalue weighted by Crippen LogP contribution is 2.26. The number of hydrogen-bond donors (Lipinski definition) is 3. The maximum absolute atomic E-state index is 13.6. The molecule has 0 aromatic heterocycles. The quantitative estimate of drug-likeness (QED) is 0.356. The molecule has 0 saturated heterocycles. The summed E-state index contributed by atoms with van der Waals surface area (Å²) in [7, 11) is 0. The number of ether oxygens (including phenoxy) is 1. The van der Waals surface area contributed by atoms with E-state index in [9.17, 15) is 24.1 Å². The molecular weight excluding hydrogens is 289 g/mol. The van der Waals surface area contributed by atoms with Gasteiger partial charge in [0, 0.05) is 6.54 Å². The number of carbonyl (C=O) groups excluding carboxylic acids is 1. The first-order chi connectivity index (χ1) is 9.82. The third-order valence-corrected chi connectivity index (χ3v) is 2.32. The number of nitro benzene ring substituents is 1. The smallest absolute Gasteiger partial charge is 0.342 e. The SMILES string of the molecule is NC(=O)COCCNc1cc(C(=O)O)c([N+](=O)[O-])cc1F. The Hall–Kier alpha value is -2.75. The van der Waals surface area contributed by atoms with Gasteiger partial charge in [-0.1, -0.05) is 0 Å². The van der Waals surface area contributed by atoms with Crippen LogP contribution in [0.15, 0.2) is 12.1 Å². The van der Waals surface area contributed by atoms with Crippen LogP contribution in [-0.4, -0.2) is 41.7 Å². The summed E-state index contributed by atoms with van der Waals surface area (Å²) in [4.78, 5) is 31.0. The molecule has 0 bridgehead atoms. The normalized spacial score (nSPS) is 10.1. The van der Waals surface area contributed by atoms with Gasteiger partial charge in [0.2, 0.25) is 5.91 Å². The van der Waals surface area contributed by atoms with Crippen LogP contribution in [0.1, 0.15) is 10.4 Å². The van der Waals surface area contributed by atoms with Crippen molar-refractivity contribution in [1.82, 2.24) is 0 Å². The van der Waals surface area contributed by atoms with Crippen LogP contribution in [0.3, 0.4) is 0 Å². The molecule has 0 aliphatic rings. The molecule has 1 rings (SSSR count). The predicted octanol–water partition coefficient (Wildman–Crippen LogP) is 0.346. The predicted molar refractivity (Wildman–Crippen MR) is 68.5 cm³/mol. The van der Waals surface area contributed by atoms with Crippen molar-refractivity contribution < 1.29 is 28.7 Å². The van der Waals surface area contributed by atoms with Crippen molar-refractivity contribution in [2.75, 3.05) is 25.1 Å². The number of nitrogens with two attached hydrogens (primary N) is 1. The van der Waals surface area contributed by atoms with E-state index in [2.05, 4.69) is 5.32 Å². The van der Waals surface area contributed by atoms with Gasteiger partial charge < -0.3 is 20.9 Å². The number of rotatable bonds is 8. The number of hydrogen-bond acceptors (Lipinski definition) is 6. The molecule has 0 atom stereocenters. The Morgan fingerprint density at radius 1 is 1.48 bits per heavy atom. The molecule has 0 aliphatic heterocycles. The number of nitro groups is 1. The zero-order valence-corrected chi connectivity index (χ0v) is 10.7. The van der Waals surface area contributed by atoms with E-state index >= 15 is 0 Å². The largest absolute Gasteiger partial charge is 0.477 e. The monoisotopic (exact) mass is 301 g/mol. The molecule has 1 amide bonds. The van der Waals surface area contributed by atoms with Gasteiger partial charge in [-0.05, 0) is 6.07 Å². The number of primary amides is 1. The Bertz CT molecular complexity index is 577. The highest BCUT2D eigenvalue weighted by Gasteiger charge is 2.23. The average Bonchev–Trinajstić information content (AvgIpc) is 2.38. The molecule has 1 aromatic carbocycles. The molecular formula is C11H12FN3O6. The zero-order valence-electron chi connectivity index (χ0n) is 10.7. The first kappa shape index (κ1) is 16.3. The number of nitrogens with one attached hydrogen (secondary N) is 1. The van der Waals surface area contributed by atoms with E-state index in [1.165, 1.54) is 0 Å². The first-order valence-corrected chi connectivity index (χ1v) is 5.64. The molecule has 0 aliphatic carbocycles. The lowest BCUT2D eigenvalue weighted by molar-refractivity contribution is -0.385. The van der Waals surface area contributed by atoms with Crippen LogP contribution in [0.4, 0.5) is 15.8 Å². The van der Waals surface area contributed by atoms with Gasteiger partial charge in [-0.3, -0.25) is 14.9 Å². The van der Waals surface area contributed by atoms with Gasteiger partial charge in [-0.15, -0.1) is 0 Å². The molecule has 0 heterocycles. The minimum atomic E-state index is -1.55. The summed E-state index contributed by atoms with van der Waals surface area (Å²) in [5.41, 5.74) is 3.14. The van der Waals surface area contributed by atoms with Gasteiger partial charge in [0.1, 0.15) is 12.2 Å². The molecule has 0 fully saturated rings. The van der Waals surface area contributed by atoms with Crippen molar-refractivity contribution in [3.05, 3.63) is 33.6 Å². The summed E-state index contributed by atoms with van der Waals surface area (Å²) in [5.74, 6) is -3.18. The Kier molecular flexibility index (Phi) is 5.55. The van der Waals surface area contributed by atoms with E-state index in [0.717, 1.165) is 6.07 Å². The van der Waals surface area contributed by atoms with E-state index in [1.807, 2.05) is 0 Å². The van der Waals surface area contributed by atoms with E-state index in [-0.39, 0.29) is 25.4 Å². The fourth-order valence-corrected chi connectivity index (χ4v) is 1.45. The molecule has 0 saturated carbocycles. The molecule has 0 unspecified atom stereocenters. The minimum Gasteiger partial charge on any atom is -0.477 e. The molecule has 114 valence electrons. The van der Waals surface area contributed by atoms with Crippen LogP contribution in [0, 0.1) is 15.9 Å². The topological polar surface area (TPSA) is 145 Å². The second-order valence-electron chi connectivity index (χ2n) is 3.86. The molecule has 10 heteroatoms. The van der Waals surface area contributed by atoms with Crippen molar-refractivity contribution in [2.24, 2.45) is 5.73 Å². The average molecular weight is 301 g/mol. The maximum atomic E-state index is 13.6. The summed E-state index contributed by atoms with van der Waals surface area (Å²) >= 11 is 0. The van der Waals surface area contributed by atoms with Crippen molar-refractivity contribution in [3.63, 3.8) is 0 Å². The first-order valence-electron chi connectivity index (χ1n) is 5.64. The van der Waals surface area contributed by atoms with Crippen molar-refractivity contribution in [2.45, 2.75) is 0 Å². The Morgan fingerprint density at radius 2 is 2.14 bits per heavy atom. The van der Waals surface area contributed by atoms with Gasteiger partial charge in [-0.25, -0.2) is 9.18 Å². The van der Waals surface area contributed by atoms with E-state index in [1.54, 1.807) is 0 Å². The zero-order chi connectivity index (χ0) is 16.0. The molecule has 1 aromatic rings. The van der Waals surface area contributed by atoms with Crippen LogP contribution in [0.5, 0.6) is 0 Å². The highest BCUT2D eigenvalue weighted by molar-refractivity contribution is 5.93. The third-order valence-electron chi connectivity index (χ3n) is 2.32. The van der Waals surface area contributed by atoms with Gasteiger partial charge >= 0.3 is 5.97 Å². The Morgan fingerprint density at radius 3 is 2.67 bits per heavy atom. The second-order valence-corrected chi connectivity index (χ2v) is 3.86. The van der Waals surface area contributed by atoms with Crippen molar-refractivity contribution in [1.29, 1.82) is 0 Å². The standard InChI is InChI=1S/C11H12FN3O6/c12-7-4-9(15(19)20)6(11(17)18)3-8(7)14-1-2-21-5-10(13)16/h3-4,14H,1-2,5H2,(H2,13,16)(H,17,18). The maximum Gasteiger partial charge on any atom is 0.342 e. The van der Waals surface area contributed by atoms with Crippen molar-refractivity contribution in [3.8, 4) is 0 Å². The molecule has 0 radical (unpaired) electrons. The number of carboxylic acids is 1. The molecule has 21 heavy (non-hydrogen) atoms. The lowest BCUT2D eigenvalue weighted by Crippen LogP contribution is -2.20. The van der Waals surface area contributed by atoms with Gasteiger partial charge in [0.05, 0.1) is 23.3 Å².